The zero-order chi connectivity index (χ0) is 16.4. The third-order valence-electron chi connectivity index (χ3n) is 4.66. The third-order valence-corrected chi connectivity index (χ3v) is 4.86. The standard InChI is InChI=1S/C19H25N3S/c1-4-15-12-13(2)18-17(14(15)3)21-19(22(18)10-11-23)20-16-8-6-5-7-9-16/h5-9,12-14,23H,4,10-11H2,1-3H3,(H,20,21). The Balaban J connectivity index is 2.04. The molecule has 0 radical (unpaired) electrons. The van der Waals surface area contributed by atoms with Crippen LogP contribution in [0.3, 0.4) is 0 Å². The molecule has 1 heterocycles. The summed E-state index contributed by atoms with van der Waals surface area (Å²) in [5.74, 6) is 2.52. The SMILES string of the molecule is CCC1=CC(C)c2c(nc(Nc3ccccc3)n2CCS)C1C. The first-order chi connectivity index (χ1) is 11.2. The van der Waals surface area contributed by atoms with Crippen LogP contribution in [0.2, 0.25) is 0 Å². The van der Waals surface area contributed by atoms with Crippen molar-refractivity contribution >= 4 is 24.3 Å². The fraction of sp³-hybridized carbons (Fsp3) is 0.421. The lowest BCUT2D eigenvalue weighted by atomic mass is 9.83. The van der Waals surface area contributed by atoms with Crippen molar-refractivity contribution in [2.24, 2.45) is 0 Å². The number of nitrogens with one attached hydrogen (secondary N) is 1. The Bertz CT molecular complexity index is 703. The van der Waals surface area contributed by atoms with Gasteiger partial charge < -0.3 is 9.88 Å². The quantitative estimate of drug-likeness (QED) is 0.590. The number of benzene rings is 1. The van der Waals surface area contributed by atoms with Gasteiger partial charge in [0.2, 0.25) is 5.95 Å². The lowest BCUT2D eigenvalue weighted by Crippen LogP contribution is -2.15. The number of anilines is 2. The van der Waals surface area contributed by atoms with Gasteiger partial charge in [-0.2, -0.15) is 12.6 Å². The van der Waals surface area contributed by atoms with E-state index in [1.54, 1.807) is 0 Å². The topological polar surface area (TPSA) is 29.9 Å². The molecular weight excluding hydrogens is 302 g/mol. The predicted molar refractivity (Wildman–Crippen MR) is 101 cm³/mol. The van der Waals surface area contributed by atoms with Gasteiger partial charge in [-0.05, 0) is 18.6 Å². The highest BCUT2D eigenvalue weighted by Crippen LogP contribution is 2.40. The summed E-state index contributed by atoms with van der Waals surface area (Å²) in [6.07, 6.45) is 3.50. The van der Waals surface area contributed by atoms with Crippen LogP contribution in [0.25, 0.3) is 0 Å². The molecule has 3 nitrogen and oxygen atoms in total. The number of nitrogens with zero attached hydrogens (tertiary/aromatic N) is 2. The first kappa shape index (κ1) is 16.2. The molecule has 0 amide bonds. The number of aromatic nitrogens is 2. The molecule has 0 saturated carbocycles. The number of allylic oxidation sites excluding steroid dienone is 2. The zero-order valence-corrected chi connectivity index (χ0v) is 15.0. The molecule has 0 bridgehead atoms. The summed E-state index contributed by atoms with van der Waals surface area (Å²) >= 11 is 4.44. The van der Waals surface area contributed by atoms with Gasteiger partial charge in [-0.15, -0.1) is 0 Å². The molecule has 2 unspecified atom stereocenters. The fourth-order valence-electron chi connectivity index (χ4n) is 3.50. The van der Waals surface area contributed by atoms with Crippen LogP contribution < -0.4 is 5.32 Å². The van der Waals surface area contributed by atoms with Crippen LogP contribution in [0.4, 0.5) is 11.6 Å². The maximum absolute atomic E-state index is 4.97. The normalized spacial score (nSPS) is 20.1. The minimum absolute atomic E-state index is 0.392. The van der Waals surface area contributed by atoms with E-state index in [4.69, 9.17) is 4.98 Å². The number of fused-ring (bicyclic) bond motifs is 1. The van der Waals surface area contributed by atoms with Gasteiger partial charge in [-0.25, -0.2) is 4.98 Å². The Morgan fingerprint density at radius 3 is 2.61 bits per heavy atom. The van der Waals surface area contributed by atoms with E-state index in [9.17, 15) is 0 Å². The van der Waals surface area contributed by atoms with Crippen LogP contribution in [-0.4, -0.2) is 15.3 Å². The number of hydrogen-bond donors (Lipinski definition) is 2. The molecule has 0 fully saturated rings. The average molecular weight is 327 g/mol. The van der Waals surface area contributed by atoms with E-state index in [1.807, 2.05) is 18.2 Å². The van der Waals surface area contributed by atoms with Crippen molar-refractivity contribution in [2.75, 3.05) is 11.1 Å². The van der Waals surface area contributed by atoms with E-state index in [0.29, 0.717) is 11.8 Å². The van der Waals surface area contributed by atoms with Gasteiger partial charge in [0.15, 0.2) is 0 Å². The molecule has 3 rings (SSSR count). The van der Waals surface area contributed by atoms with Gasteiger partial charge >= 0.3 is 0 Å². The van der Waals surface area contributed by atoms with Crippen LogP contribution in [0, 0.1) is 0 Å². The minimum Gasteiger partial charge on any atom is -0.326 e. The van der Waals surface area contributed by atoms with Crippen molar-refractivity contribution in [3.63, 3.8) is 0 Å². The Hall–Kier alpha value is -1.68. The second-order valence-corrected chi connectivity index (χ2v) is 6.62. The maximum Gasteiger partial charge on any atom is 0.207 e. The minimum atomic E-state index is 0.392. The van der Waals surface area contributed by atoms with Gasteiger partial charge in [-0.1, -0.05) is 50.6 Å². The Kier molecular flexibility index (Phi) is 4.81. The molecule has 1 aromatic carbocycles. The van der Waals surface area contributed by atoms with Crippen molar-refractivity contribution < 1.29 is 0 Å². The van der Waals surface area contributed by atoms with Crippen molar-refractivity contribution in [3.05, 3.63) is 53.4 Å². The molecule has 23 heavy (non-hydrogen) atoms. The molecule has 1 N–H and O–H groups in total. The largest absolute Gasteiger partial charge is 0.326 e. The van der Waals surface area contributed by atoms with Crippen molar-refractivity contribution in [1.82, 2.24) is 9.55 Å². The van der Waals surface area contributed by atoms with Crippen LogP contribution >= 0.6 is 12.6 Å². The number of para-hydroxylation sites is 1. The van der Waals surface area contributed by atoms with Crippen molar-refractivity contribution in [1.29, 1.82) is 0 Å². The van der Waals surface area contributed by atoms with Gasteiger partial charge in [0, 0.05) is 35.5 Å². The maximum atomic E-state index is 4.97. The van der Waals surface area contributed by atoms with E-state index in [2.05, 4.69) is 61.5 Å². The lowest BCUT2D eigenvalue weighted by molar-refractivity contribution is 0.664. The molecule has 2 aromatic rings. The first-order valence-corrected chi connectivity index (χ1v) is 9.02. The van der Waals surface area contributed by atoms with Gasteiger partial charge in [0.05, 0.1) is 5.69 Å². The van der Waals surface area contributed by atoms with Gasteiger partial charge in [-0.3, -0.25) is 0 Å². The van der Waals surface area contributed by atoms with E-state index < -0.39 is 0 Å². The number of hydrogen-bond acceptors (Lipinski definition) is 3. The van der Waals surface area contributed by atoms with E-state index in [-0.39, 0.29) is 0 Å². The van der Waals surface area contributed by atoms with Crippen LogP contribution in [0.1, 0.15) is 50.4 Å². The van der Waals surface area contributed by atoms with Gasteiger partial charge in [0.1, 0.15) is 0 Å². The summed E-state index contributed by atoms with van der Waals surface area (Å²) in [6.45, 7) is 7.63. The number of thiol groups is 1. The van der Waals surface area contributed by atoms with Crippen molar-refractivity contribution in [2.45, 2.75) is 45.6 Å². The molecule has 4 heteroatoms. The van der Waals surface area contributed by atoms with Gasteiger partial charge in [0.25, 0.3) is 0 Å². The Morgan fingerprint density at radius 2 is 1.96 bits per heavy atom. The Labute approximate surface area is 144 Å². The summed E-state index contributed by atoms with van der Waals surface area (Å²) in [5.41, 5.74) is 5.12. The molecular formula is C19H25N3S. The molecule has 0 saturated heterocycles. The molecule has 2 atom stereocenters. The average Bonchev–Trinajstić information content (AvgIpc) is 2.91. The zero-order valence-electron chi connectivity index (χ0n) is 14.1. The smallest absolute Gasteiger partial charge is 0.207 e. The lowest BCUT2D eigenvalue weighted by Gasteiger charge is -2.25. The number of rotatable bonds is 5. The summed E-state index contributed by atoms with van der Waals surface area (Å²) in [4.78, 5) is 4.97. The Morgan fingerprint density at radius 1 is 1.22 bits per heavy atom. The van der Waals surface area contributed by atoms with E-state index in [1.165, 1.54) is 17.0 Å². The third kappa shape index (κ3) is 3.05. The fourth-order valence-corrected chi connectivity index (χ4v) is 3.70. The molecule has 1 aromatic heterocycles. The molecule has 1 aliphatic carbocycles. The summed E-state index contributed by atoms with van der Waals surface area (Å²) in [7, 11) is 0. The second kappa shape index (κ2) is 6.83. The van der Waals surface area contributed by atoms with Crippen molar-refractivity contribution in [3.8, 4) is 0 Å². The second-order valence-electron chi connectivity index (χ2n) is 6.18. The number of imidazole rings is 1. The molecule has 0 spiro atoms. The molecule has 0 aliphatic heterocycles. The van der Waals surface area contributed by atoms with Crippen LogP contribution in [0.5, 0.6) is 0 Å². The van der Waals surface area contributed by atoms with Crippen LogP contribution in [0.15, 0.2) is 42.0 Å². The summed E-state index contributed by atoms with van der Waals surface area (Å²) < 4.78 is 2.30. The summed E-state index contributed by atoms with van der Waals surface area (Å²) in [5, 5.41) is 3.48. The molecule has 122 valence electrons. The highest BCUT2D eigenvalue weighted by Gasteiger charge is 2.29. The summed E-state index contributed by atoms with van der Waals surface area (Å²) in [6, 6.07) is 10.2. The highest BCUT2D eigenvalue weighted by molar-refractivity contribution is 7.80. The van der Waals surface area contributed by atoms with E-state index >= 15 is 0 Å². The van der Waals surface area contributed by atoms with E-state index in [0.717, 1.165) is 30.4 Å². The predicted octanol–water partition coefficient (Wildman–Crippen LogP) is 5.11. The first-order valence-electron chi connectivity index (χ1n) is 8.39. The highest BCUT2D eigenvalue weighted by atomic mass is 32.1. The monoisotopic (exact) mass is 327 g/mol. The van der Waals surface area contributed by atoms with Crippen LogP contribution in [-0.2, 0) is 6.54 Å². The molecule has 1 aliphatic rings.